The molecule has 16 heavy (non-hydrogen) atoms. The predicted octanol–water partition coefficient (Wildman–Crippen LogP) is 3.33. The number of benzene rings is 2. The Morgan fingerprint density at radius 2 is 1.94 bits per heavy atom. The largest absolute Gasteiger partial charge is 0.508 e. The monoisotopic (exact) mass is 277 g/mol. The summed E-state index contributed by atoms with van der Waals surface area (Å²) in [7, 11) is 0. The molecule has 0 saturated carbocycles. The van der Waals surface area contributed by atoms with Gasteiger partial charge in [-0.15, -0.1) is 0 Å². The zero-order valence-corrected chi connectivity index (χ0v) is 10.2. The van der Waals surface area contributed by atoms with Crippen molar-refractivity contribution >= 4 is 21.6 Å². The van der Waals surface area contributed by atoms with Crippen molar-refractivity contribution < 1.29 is 5.11 Å². The van der Waals surface area contributed by atoms with Gasteiger partial charge in [-0.2, -0.15) is 0 Å². The maximum atomic E-state index is 9.41. The van der Waals surface area contributed by atoms with Gasteiger partial charge >= 0.3 is 0 Å². The average Bonchev–Trinajstić information content (AvgIpc) is 2.24. The summed E-state index contributed by atoms with van der Waals surface area (Å²) in [5.41, 5.74) is 8.66. The molecule has 0 radical (unpaired) electrons. The van der Waals surface area contributed by atoms with Crippen LogP contribution >= 0.6 is 15.9 Å². The number of nitrogen functional groups attached to an aromatic ring is 1. The highest BCUT2D eigenvalue weighted by Crippen LogP contribution is 2.22. The maximum absolute atomic E-state index is 9.41. The van der Waals surface area contributed by atoms with Crippen LogP contribution in [0, 0.1) is 0 Å². The molecule has 0 heterocycles. The average molecular weight is 278 g/mol. The zero-order valence-electron chi connectivity index (χ0n) is 8.65. The SMILES string of the molecule is Nc1ccc(O)cc1Cc1cccc(Br)c1. The maximum Gasteiger partial charge on any atom is 0.116 e. The van der Waals surface area contributed by atoms with Gasteiger partial charge in [-0.3, -0.25) is 0 Å². The van der Waals surface area contributed by atoms with E-state index in [9.17, 15) is 5.11 Å². The highest BCUT2D eigenvalue weighted by Gasteiger charge is 2.02. The molecule has 0 aliphatic carbocycles. The van der Waals surface area contributed by atoms with Crippen LogP contribution in [0.15, 0.2) is 46.9 Å². The number of halogens is 1. The van der Waals surface area contributed by atoms with Crippen LogP contribution in [-0.2, 0) is 6.42 Å². The fraction of sp³-hybridized carbons (Fsp3) is 0.0769. The Morgan fingerprint density at radius 1 is 1.12 bits per heavy atom. The lowest BCUT2D eigenvalue weighted by molar-refractivity contribution is 0.475. The van der Waals surface area contributed by atoms with Crippen molar-refractivity contribution in [3.05, 3.63) is 58.1 Å². The summed E-state index contributed by atoms with van der Waals surface area (Å²) in [5.74, 6) is 0.249. The topological polar surface area (TPSA) is 46.2 Å². The molecular weight excluding hydrogens is 266 g/mol. The molecule has 0 fully saturated rings. The van der Waals surface area contributed by atoms with E-state index in [4.69, 9.17) is 5.73 Å². The number of phenols is 1. The molecule has 2 nitrogen and oxygen atoms in total. The van der Waals surface area contributed by atoms with Gasteiger partial charge in [-0.1, -0.05) is 28.1 Å². The summed E-state index contributed by atoms with van der Waals surface area (Å²) < 4.78 is 1.05. The highest BCUT2D eigenvalue weighted by atomic mass is 79.9. The number of anilines is 1. The Kier molecular flexibility index (Phi) is 3.15. The van der Waals surface area contributed by atoms with E-state index in [-0.39, 0.29) is 5.75 Å². The molecule has 82 valence electrons. The second kappa shape index (κ2) is 4.58. The second-order valence-corrected chi connectivity index (χ2v) is 4.61. The fourth-order valence-electron chi connectivity index (χ4n) is 1.61. The Labute approximate surface area is 103 Å². The second-order valence-electron chi connectivity index (χ2n) is 3.69. The van der Waals surface area contributed by atoms with E-state index in [0.29, 0.717) is 5.69 Å². The van der Waals surface area contributed by atoms with Crippen LogP contribution in [0.2, 0.25) is 0 Å². The van der Waals surface area contributed by atoms with Gasteiger partial charge < -0.3 is 10.8 Å². The molecule has 3 heteroatoms. The Balaban J connectivity index is 2.30. The number of aromatic hydroxyl groups is 1. The van der Waals surface area contributed by atoms with Gasteiger partial charge in [0.25, 0.3) is 0 Å². The van der Waals surface area contributed by atoms with E-state index in [1.54, 1.807) is 18.2 Å². The van der Waals surface area contributed by atoms with E-state index in [1.807, 2.05) is 24.3 Å². The summed E-state index contributed by atoms with van der Waals surface area (Å²) >= 11 is 3.43. The number of hydrogen-bond acceptors (Lipinski definition) is 2. The van der Waals surface area contributed by atoms with Crippen LogP contribution in [0.3, 0.4) is 0 Å². The molecule has 0 bridgehead atoms. The first kappa shape index (κ1) is 11.0. The smallest absolute Gasteiger partial charge is 0.116 e. The van der Waals surface area contributed by atoms with Crippen molar-refractivity contribution in [2.45, 2.75) is 6.42 Å². The van der Waals surface area contributed by atoms with E-state index >= 15 is 0 Å². The number of nitrogens with two attached hydrogens (primary N) is 1. The molecule has 0 spiro atoms. The number of phenolic OH excluding ortho intramolecular Hbond substituents is 1. The number of rotatable bonds is 2. The third-order valence-electron chi connectivity index (χ3n) is 2.41. The summed E-state index contributed by atoms with van der Waals surface area (Å²) in [6.45, 7) is 0. The lowest BCUT2D eigenvalue weighted by Crippen LogP contribution is -1.95. The summed E-state index contributed by atoms with van der Waals surface area (Å²) in [6, 6.07) is 13.1. The molecule has 0 amide bonds. The normalized spacial score (nSPS) is 10.3. The molecular formula is C13H12BrNO. The molecule has 2 rings (SSSR count). The predicted molar refractivity (Wildman–Crippen MR) is 69.5 cm³/mol. The fourth-order valence-corrected chi connectivity index (χ4v) is 2.06. The van der Waals surface area contributed by atoms with E-state index in [2.05, 4.69) is 15.9 Å². The summed E-state index contributed by atoms with van der Waals surface area (Å²) in [6.07, 6.45) is 0.722. The third-order valence-corrected chi connectivity index (χ3v) is 2.90. The van der Waals surface area contributed by atoms with Crippen LogP contribution in [-0.4, -0.2) is 5.11 Å². The van der Waals surface area contributed by atoms with Gasteiger partial charge in [0, 0.05) is 10.2 Å². The lowest BCUT2D eigenvalue weighted by atomic mass is 10.0. The van der Waals surface area contributed by atoms with Crippen molar-refractivity contribution in [2.75, 3.05) is 5.73 Å². The zero-order chi connectivity index (χ0) is 11.5. The van der Waals surface area contributed by atoms with Gasteiger partial charge in [0.1, 0.15) is 5.75 Å². The first-order valence-corrected chi connectivity index (χ1v) is 5.76. The van der Waals surface area contributed by atoms with Crippen molar-refractivity contribution in [1.29, 1.82) is 0 Å². The summed E-state index contributed by atoms with van der Waals surface area (Å²) in [4.78, 5) is 0. The highest BCUT2D eigenvalue weighted by molar-refractivity contribution is 9.10. The van der Waals surface area contributed by atoms with Crippen molar-refractivity contribution in [1.82, 2.24) is 0 Å². The molecule has 2 aromatic rings. The first-order valence-electron chi connectivity index (χ1n) is 4.97. The minimum Gasteiger partial charge on any atom is -0.508 e. The first-order chi connectivity index (χ1) is 7.65. The Morgan fingerprint density at radius 3 is 2.69 bits per heavy atom. The molecule has 0 aromatic heterocycles. The lowest BCUT2D eigenvalue weighted by Gasteiger charge is -2.06. The standard InChI is InChI=1S/C13H12BrNO/c14-11-3-1-2-9(7-11)6-10-8-12(16)4-5-13(10)15/h1-5,7-8,16H,6,15H2. The third kappa shape index (κ3) is 2.55. The molecule has 2 aromatic carbocycles. The van der Waals surface area contributed by atoms with Gasteiger partial charge in [0.2, 0.25) is 0 Å². The minimum absolute atomic E-state index is 0.249. The molecule has 0 aliphatic rings. The summed E-state index contributed by atoms with van der Waals surface area (Å²) in [5, 5.41) is 9.41. The van der Waals surface area contributed by atoms with Gasteiger partial charge in [-0.25, -0.2) is 0 Å². The van der Waals surface area contributed by atoms with Crippen LogP contribution < -0.4 is 5.73 Å². The van der Waals surface area contributed by atoms with E-state index in [0.717, 1.165) is 22.0 Å². The van der Waals surface area contributed by atoms with Gasteiger partial charge in [-0.05, 0) is 47.9 Å². The van der Waals surface area contributed by atoms with E-state index < -0.39 is 0 Å². The number of hydrogen-bond donors (Lipinski definition) is 2. The quantitative estimate of drug-likeness (QED) is 0.653. The molecule has 0 atom stereocenters. The van der Waals surface area contributed by atoms with Crippen molar-refractivity contribution in [3.8, 4) is 5.75 Å². The van der Waals surface area contributed by atoms with Crippen molar-refractivity contribution in [3.63, 3.8) is 0 Å². The molecule has 3 N–H and O–H groups in total. The van der Waals surface area contributed by atoms with E-state index in [1.165, 1.54) is 0 Å². The van der Waals surface area contributed by atoms with Crippen LogP contribution in [0.5, 0.6) is 5.75 Å². The molecule has 0 unspecified atom stereocenters. The molecule has 0 saturated heterocycles. The van der Waals surface area contributed by atoms with Gasteiger partial charge in [0.15, 0.2) is 0 Å². The van der Waals surface area contributed by atoms with Crippen molar-refractivity contribution in [2.24, 2.45) is 0 Å². The Bertz CT molecular complexity index is 511. The van der Waals surface area contributed by atoms with Gasteiger partial charge in [0.05, 0.1) is 0 Å². The van der Waals surface area contributed by atoms with Crippen LogP contribution in [0.1, 0.15) is 11.1 Å². The van der Waals surface area contributed by atoms with Crippen LogP contribution in [0.4, 0.5) is 5.69 Å². The molecule has 0 aliphatic heterocycles. The minimum atomic E-state index is 0.249. The van der Waals surface area contributed by atoms with Crippen LogP contribution in [0.25, 0.3) is 0 Å². The Hall–Kier alpha value is -1.48.